The van der Waals surface area contributed by atoms with Gasteiger partial charge in [-0.05, 0) is 29.8 Å². The molecule has 16 heavy (non-hydrogen) atoms. The van der Waals surface area contributed by atoms with Crippen LogP contribution in [0, 0.1) is 11.3 Å². The van der Waals surface area contributed by atoms with Crippen molar-refractivity contribution in [3.63, 3.8) is 0 Å². The topological polar surface area (TPSA) is 23.8 Å². The third kappa shape index (κ3) is 2.27. The van der Waals surface area contributed by atoms with Gasteiger partial charge in [0.25, 0.3) is 0 Å². The molecule has 0 radical (unpaired) electrons. The van der Waals surface area contributed by atoms with Gasteiger partial charge in [-0.15, -0.1) is 0 Å². The zero-order chi connectivity index (χ0) is 11.5. The van der Waals surface area contributed by atoms with Gasteiger partial charge in [0.1, 0.15) is 0 Å². The van der Waals surface area contributed by atoms with Gasteiger partial charge in [0.2, 0.25) is 0 Å². The maximum absolute atomic E-state index is 8.75. The monoisotopic (exact) mass is 291 g/mol. The van der Waals surface area contributed by atoms with Gasteiger partial charge >= 0.3 is 0 Å². The molecule has 0 aliphatic rings. The van der Waals surface area contributed by atoms with Crippen LogP contribution in [-0.4, -0.2) is 0 Å². The van der Waals surface area contributed by atoms with E-state index in [9.17, 15) is 0 Å². The fourth-order valence-corrected chi connectivity index (χ4v) is 2.00. The molecule has 0 aliphatic carbocycles. The van der Waals surface area contributed by atoms with E-state index in [4.69, 9.17) is 16.9 Å². The molecule has 0 saturated carbocycles. The standard InChI is InChI=1S/C13H7BrClN/c14-11-4-2-10(3-5-11)12-6-1-9(8-16)7-13(12)15/h1-7H. The second-order valence-electron chi connectivity index (χ2n) is 3.31. The van der Waals surface area contributed by atoms with Crippen molar-refractivity contribution < 1.29 is 0 Å². The van der Waals surface area contributed by atoms with Gasteiger partial charge in [-0.1, -0.05) is 45.7 Å². The Kier molecular flexibility index (Phi) is 3.28. The molecule has 0 spiro atoms. The first-order valence-electron chi connectivity index (χ1n) is 4.66. The Morgan fingerprint density at radius 3 is 2.31 bits per heavy atom. The lowest BCUT2D eigenvalue weighted by atomic mass is 10.0. The summed E-state index contributed by atoms with van der Waals surface area (Å²) in [7, 11) is 0. The molecule has 0 amide bonds. The molecule has 2 aromatic carbocycles. The van der Waals surface area contributed by atoms with Crippen LogP contribution >= 0.6 is 27.5 Å². The lowest BCUT2D eigenvalue weighted by Gasteiger charge is -2.04. The summed E-state index contributed by atoms with van der Waals surface area (Å²) in [6.07, 6.45) is 0. The molecular formula is C13H7BrClN. The lowest BCUT2D eigenvalue weighted by molar-refractivity contribution is 1.48. The highest BCUT2D eigenvalue weighted by molar-refractivity contribution is 9.10. The van der Waals surface area contributed by atoms with E-state index >= 15 is 0 Å². The summed E-state index contributed by atoms with van der Waals surface area (Å²) < 4.78 is 1.03. The summed E-state index contributed by atoms with van der Waals surface area (Å²) in [5, 5.41) is 9.34. The average molecular weight is 293 g/mol. The smallest absolute Gasteiger partial charge is 0.0992 e. The Morgan fingerprint density at radius 1 is 1.06 bits per heavy atom. The van der Waals surface area contributed by atoms with Gasteiger partial charge in [0.05, 0.1) is 11.6 Å². The molecule has 0 heterocycles. The average Bonchev–Trinajstić information content (AvgIpc) is 2.30. The van der Waals surface area contributed by atoms with E-state index in [0.29, 0.717) is 10.6 Å². The van der Waals surface area contributed by atoms with Gasteiger partial charge in [-0.2, -0.15) is 5.26 Å². The molecule has 2 aromatic rings. The molecule has 0 N–H and O–H groups in total. The van der Waals surface area contributed by atoms with Gasteiger partial charge in [0.15, 0.2) is 0 Å². The SMILES string of the molecule is N#Cc1ccc(-c2ccc(Br)cc2)c(Cl)c1. The largest absolute Gasteiger partial charge is 0.192 e. The quantitative estimate of drug-likeness (QED) is 0.751. The van der Waals surface area contributed by atoms with Gasteiger partial charge in [-0.3, -0.25) is 0 Å². The summed E-state index contributed by atoms with van der Waals surface area (Å²) in [6.45, 7) is 0. The Labute approximate surface area is 107 Å². The molecule has 0 unspecified atom stereocenters. The summed E-state index contributed by atoms with van der Waals surface area (Å²) in [4.78, 5) is 0. The second-order valence-corrected chi connectivity index (χ2v) is 4.64. The Morgan fingerprint density at radius 2 is 1.75 bits per heavy atom. The molecule has 1 nitrogen and oxygen atoms in total. The summed E-state index contributed by atoms with van der Waals surface area (Å²) in [6, 6.07) is 15.3. The van der Waals surface area contributed by atoms with Crippen molar-refractivity contribution in [3.05, 3.63) is 57.5 Å². The molecule has 0 aliphatic heterocycles. The van der Waals surface area contributed by atoms with Crippen molar-refractivity contribution in [2.45, 2.75) is 0 Å². The number of benzene rings is 2. The van der Waals surface area contributed by atoms with E-state index in [-0.39, 0.29) is 0 Å². The summed E-state index contributed by atoms with van der Waals surface area (Å²) in [5.41, 5.74) is 2.55. The molecule has 2 rings (SSSR count). The molecule has 0 bridgehead atoms. The molecule has 0 saturated heterocycles. The van der Waals surface area contributed by atoms with Crippen LogP contribution in [0.15, 0.2) is 46.9 Å². The maximum atomic E-state index is 8.75. The van der Waals surface area contributed by atoms with Crippen LogP contribution in [0.25, 0.3) is 11.1 Å². The van der Waals surface area contributed by atoms with Crippen molar-refractivity contribution in [3.8, 4) is 17.2 Å². The molecule has 78 valence electrons. The minimum atomic E-state index is 0.575. The van der Waals surface area contributed by atoms with Gasteiger partial charge in [0, 0.05) is 15.1 Å². The highest BCUT2D eigenvalue weighted by atomic mass is 79.9. The van der Waals surface area contributed by atoms with Crippen molar-refractivity contribution in [1.29, 1.82) is 5.26 Å². The van der Waals surface area contributed by atoms with E-state index in [0.717, 1.165) is 15.6 Å². The first-order valence-corrected chi connectivity index (χ1v) is 5.83. The van der Waals surface area contributed by atoms with Crippen molar-refractivity contribution in [1.82, 2.24) is 0 Å². The number of rotatable bonds is 1. The Hall–Kier alpha value is -1.30. The number of halogens is 2. The number of nitriles is 1. The third-order valence-corrected chi connectivity index (χ3v) is 3.09. The fourth-order valence-electron chi connectivity index (χ4n) is 1.45. The maximum Gasteiger partial charge on any atom is 0.0992 e. The van der Waals surface area contributed by atoms with E-state index < -0.39 is 0 Å². The van der Waals surface area contributed by atoms with Crippen LogP contribution in [0.3, 0.4) is 0 Å². The highest BCUT2D eigenvalue weighted by Gasteiger charge is 2.04. The van der Waals surface area contributed by atoms with Crippen molar-refractivity contribution in [2.75, 3.05) is 0 Å². The zero-order valence-corrected chi connectivity index (χ0v) is 10.6. The normalized spacial score (nSPS) is 9.81. The Bertz CT molecular complexity index is 555. The van der Waals surface area contributed by atoms with Crippen LogP contribution < -0.4 is 0 Å². The Balaban J connectivity index is 2.49. The summed E-state index contributed by atoms with van der Waals surface area (Å²) >= 11 is 9.50. The minimum Gasteiger partial charge on any atom is -0.192 e. The predicted molar refractivity (Wildman–Crippen MR) is 69.3 cm³/mol. The van der Waals surface area contributed by atoms with E-state index in [2.05, 4.69) is 22.0 Å². The highest BCUT2D eigenvalue weighted by Crippen LogP contribution is 2.29. The molecular weight excluding hydrogens is 286 g/mol. The zero-order valence-electron chi connectivity index (χ0n) is 8.24. The number of nitrogens with zero attached hydrogens (tertiary/aromatic N) is 1. The molecule has 0 aromatic heterocycles. The van der Waals surface area contributed by atoms with Crippen LogP contribution in [-0.2, 0) is 0 Å². The first-order chi connectivity index (χ1) is 7.70. The first kappa shape index (κ1) is 11.2. The van der Waals surface area contributed by atoms with Gasteiger partial charge in [-0.25, -0.2) is 0 Å². The third-order valence-electron chi connectivity index (χ3n) is 2.25. The number of hydrogen-bond donors (Lipinski definition) is 0. The molecule has 3 heteroatoms. The van der Waals surface area contributed by atoms with Crippen LogP contribution in [0.1, 0.15) is 5.56 Å². The van der Waals surface area contributed by atoms with E-state index in [1.807, 2.05) is 30.3 Å². The second kappa shape index (κ2) is 4.69. The fraction of sp³-hybridized carbons (Fsp3) is 0. The lowest BCUT2D eigenvalue weighted by Crippen LogP contribution is -1.81. The minimum absolute atomic E-state index is 0.575. The van der Waals surface area contributed by atoms with E-state index in [1.54, 1.807) is 12.1 Å². The number of hydrogen-bond acceptors (Lipinski definition) is 1. The van der Waals surface area contributed by atoms with Crippen molar-refractivity contribution in [2.24, 2.45) is 0 Å². The summed E-state index contributed by atoms with van der Waals surface area (Å²) in [5.74, 6) is 0. The predicted octanol–water partition coefficient (Wildman–Crippen LogP) is 4.64. The molecule has 0 atom stereocenters. The molecule has 0 fully saturated rings. The van der Waals surface area contributed by atoms with Crippen molar-refractivity contribution >= 4 is 27.5 Å². The van der Waals surface area contributed by atoms with Crippen LogP contribution in [0.4, 0.5) is 0 Å². The van der Waals surface area contributed by atoms with E-state index in [1.165, 1.54) is 0 Å². The van der Waals surface area contributed by atoms with Crippen LogP contribution in [0.5, 0.6) is 0 Å². The van der Waals surface area contributed by atoms with Gasteiger partial charge < -0.3 is 0 Å². The van der Waals surface area contributed by atoms with Crippen LogP contribution in [0.2, 0.25) is 5.02 Å².